The SMILES string of the molecule is Cc1ncsc1CNc1ccc2sccc2c1. The van der Waals surface area contributed by atoms with Crippen molar-refractivity contribution in [2.24, 2.45) is 0 Å². The van der Waals surface area contributed by atoms with E-state index in [9.17, 15) is 0 Å². The molecule has 0 atom stereocenters. The lowest BCUT2D eigenvalue weighted by Gasteiger charge is -2.05. The number of aromatic nitrogens is 1. The molecule has 0 aliphatic rings. The lowest BCUT2D eigenvalue weighted by atomic mass is 10.2. The molecule has 0 aliphatic carbocycles. The van der Waals surface area contributed by atoms with Crippen molar-refractivity contribution in [3.8, 4) is 0 Å². The van der Waals surface area contributed by atoms with Crippen molar-refractivity contribution in [3.63, 3.8) is 0 Å². The van der Waals surface area contributed by atoms with Crippen LogP contribution in [-0.2, 0) is 6.54 Å². The van der Waals surface area contributed by atoms with Crippen LogP contribution in [0.15, 0.2) is 35.2 Å². The molecular formula is C13H12N2S2. The van der Waals surface area contributed by atoms with E-state index < -0.39 is 0 Å². The molecule has 0 aliphatic heterocycles. The Morgan fingerprint density at radius 3 is 3.00 bits per heavy atom. The molecular weight excluding hydrogens is 248 g/mol. The summed E-state index contributed by atoms with van der Waals surface area (Å²) >= 11 is 3.48. The number of nitrogens with one attached hydrogen (secondary N) is 1. The summed E-state index contributed by atoms with van der Waals surface area (Å²) in [5.41, 5.74) is 4.19. The van der Waals surface area contributed by atoms with E-state index in [4.69, 9.17) is 0 Å². The standard InChI is InChI=1S/C13H12N2S2/c1-9-13(17-8-15-9)7-14-11-2-3-12-10(6-11)4-5-16-12/h2-6,8,14H,7H2,1H3. The molecule has 3 aromatic rings. The predicted octanol–water partition coefficient (Wildman–Crippen LogP) is 4.28. The monoisotopic (exact) mass is 260 g/mol. The van der Waals surface area contributed by atoms with Crippen molar-refractivity contribution < 1.29 is 0 Å². The van der Waals surface area contributed by atoms with Gasteiger partial charge in [-0.2, -0.15) is 0 Å². The third-order valence-electron chi connectivity index (χ3n) is 2.75. The van der Waals surface area contributed by atoms with Gasteiger partial charge in [0.2, 0.25) is 0 Å². The number of thiazole rings is 1. The Kier molecular flexibility index (Phi) is 2.82. The second-order valence-electron chi connectivity index (χ2n) is 3.89. The van der Waals surface area contributed by atoms with Gasteiger partial charge in [0, 0.05) is 15.3 Å². The van der Waals surface area contributed by atoms with E-state index >= 15 is 0 Å². The molecule has 3 rings (SSSR count). The molecule has 1 N–H and O–H groups in total. The Balaban J connectivity index is 1.78. The molecule has 0 amide bonds. The number of aryl methyl sites for hydroxylation is 1. The molecule has 0 saturated carbocycles. The van der Waals surface area contributed by atoms with Crippen LogP contribution in [0.3, 0.4) is 0 Å². The number of hydrogen-bond acceptors (Lipinski definition) is 4. The molecule has 2 nitrogen and oxygen atoms in total. The van der Waals surface area contributed by atoms with Crippen LogP contribution in [0.2, 0.25) is 0 Å². The first-order valence-electron chi connectivity index (χ1n) is 5.43. The minimum absolute atomic E-state index is 0.853. The molecule has 1 aromatic carbocycles. The molecule has 0 spiro atoms. The molecule has 0 fully saturated rings. The predicted molar refractivity (Wildman–Crippen MR) is 76.0 cm³/mol. The molecule has 0 bridgehead atoms. The normalized spacial score (nSPS) is 10.9. The fourth-order valence-electron chi connectivity index (χ4n) is 1.75. The third kappa shape index (κ3) is 2.18. The summed E-state index contributed by atoms with van der Waals surface area (Å²) in [4.78, 5) is 5.55. The van der Waals surface area contributed by atoms with Crippen LogP contribution in [0.5, 0.6) is 0 Å². The van der Waals surface area contributed by atoms with Crippen molar-refractivity contribution >= 4 is 38.4 Å². The molecule has 0 unspecified atom stereocenters. The Morgan fingerprint density at radius 2 is 2.18 bits per heavy atom. The molecule has 17 heavy (non-hydrogen) atoms. The smallest absolute Gasteiger partial charge is 0.0798 e. The van der Waals surface area contributed by atoms with Crippen molar-refractivity contribution in [2.45, 2.75) is 13.5 Å². The highest BCUT2D eigenvalue weighted by atomic mass is 32.1. The van der Waals surface area contributed by atoms with Crippen LogP contribution >= 0.6 is 22.7 Å². The van der Waals surface area contributed by atoms with Crippen molar-refractivity contribution in [1.82, 2.24) is 4.98 Å². The van der Waals surface area contributed by atoms with Gasteiger partial charge in [-0.15, -0.1) is 22.7 Å². The number of fused-ring (bicyclic) bond motifs is 1. The Labute approximate surface area is 108 Å². The largest absolute Gasteiger partial charge is 0.380 e. The van der Waals surface area contributed by atoms with Crippen LogP contribution < -0.4 is 5.32 Å². The second-order valence-corrected chi connectivity index (χ2v) is 5.77. The van der Waals surface area contributed by atoms with E-state index in [0.717, 1.165) is 12.2 Å². The number of benzene rings is 1. The number of anilines is 1. The summed E-state index contributed by atoms with van der Waals surface area (Å²) < 4.78 is 1.34. The quantitative estimate of drug-likeness (QED) is 0.760. The Morgan fingerprint density at radius 1 is 1.24 bits per heavy atom. The second kappa shape index (κ2) is 4.47. The molecule has 2 aromatic heterocycles. The fourth-order valence-corrected chi connectivity index (χ4v) is 3.24. The van der Waals surface area contributed by atoms with Gasteiger partial charge in [0.05, 0.1) is 17.7 Å². The van der Waals surface area contributed by atoms with E-state index in [1.54, 1.807) is 22.7 Å². The van der Waals surface area contributed by atoms with E-state index in [0.29, 0.717) is 0 Å². The zero-order chi connectivity index (χ0) is 11.7. The molecule has 86 valence electrons. The third-order valence-corrected chi connectivity index (χ3v) is 4.58. The zero-order valence-corrected chi connectivity index (χ0v) is 11.1. The van der Waals surface area contributed by atoms with Crippen LogP contribution in [0.4, 0.5) is 5.69 Å². The maximum absolute atomic E-state index is 4.25. The van der Waals surface area contributed by atoms with Crippen LogP contribution in [-0.4, -0.2) is 4.98 Å². The zero-order valence-electron chi connectivity index (χ0n) is 9.43. The lowest BCUT2D eigenvalue weighted by molar-refractivity contribution is 1.12. The first-order valence-corrected chi connectivity index (χ1v) is 7.19. The number of hydrogen-bond donors (Lipinski definition) is 1. The van der Waals surface area contributed by atoms with E-state index in [2.05, 4.69) is 46.9 Å². The van der Waals surface area contributed by atoms with Crippen molar-refractivity contribution in [3.05, 3.63) is 45.7 Å². The van der Waals surface area contributed by atoms with Gasteiger partial charge in [0.1, 0.15) is 0 Å². The Hall–Kier alpha value is -1.39. The van der Waals surface area contributed by atoms with Gasteiger partial charge < -0.3 is 5.32 Å². The van der Waals surface area contributed by atoms with Gasteiger partial charge in [0.15, 0.2) is 0 Å². The lowest BCUT2D eigenvalue weighted by Crippen LogP contribution is -1.98. The topological polar surface area (TPSA) is 24.9 Å². The van der Waals surface area contributed by atoms with Gasteiger partial charge in [-0.05, 0) is 42.0 Å². The van der Waals surface area contributed by atoms with E-state index in [1.807, 2.05) is 5.51 Å². The van der Waals surface area contributed by atoms with Gasteiger partial charge in [-0.1, -0.05) is 0 Å². The van der Waals surface area contributed by atoms with Crippen LogP contribution in [0.25, 0.3) is 10.1 Å². The summed E-state index contributed by atoms with van der Waals surface area (Å²) in [5.74, 6) is 0. The van der Waals surface area contributed by atoms with Gasteiger partial charge in [-0.3, -0.25) is 0 Å². The minimum atomic E-state index is 0.853. The maximum atomic E-state index is 4.25. The van der Waals surface area contributed by atoms with Crippen LogP contribution in [0, 0.1) is 6.92 Å². The van der Waals surface area contributed by atoms with Gasteiger partial charge in [0.25, 0.3) is 0 Å². The summed E-state index contributed by atoms with van der Waals surface area (Å²) in [6.07, 6.45) is 0. The van der Waals surface area contributed by atoms with Gasteiger partial charge in [-0.25, -0.2) is 4.98 Å². The highest BCUT2D eigenvalue weighted by Gasteiger charge is 2.01. The fraction of sp³-hybridized carbons (Fsp3) is 0.154. The summed E-state index contributed by atoms with van der Waals surface area (Å²) in [5, 5.41) is 6.88. The van der Waals surface area contributed by atoms with E-state index in [-0.39, 0.29) is 0 Å². The molecule has 4 heteroatoms. The highest BCUT2D eigenvalue weighted by molar-refractivity contribution is 7.17. The molecule has 2 heterocycles. The van der Waals surface area contributed by atoms with Crippen molar-refractivity contribution in [2.75, 3.05) is 5.32 Å². The number of nitrogens with zero attached hydrogens (tertiary/aromatic N) is 1. The number of rotatable bonds is 3. The highest BCUT2D eigenvalue weighted by Crippen LogP contribution is 2.24. The first kappa shape index (κ1) is 10.7. The first-order chi connectivity index (χ1) is 8.33. The maximum Gasteiger partial charge on any atom is 0.0798 e. The summed E-state index contributed by atoms with van der Waals surface area (Å²) in [7, 11) is 0. The number of thiophene rings is 1. The molecule has 0 radical (unpaired) electrons. The summed E-state index contributed by atoms with van der Waals surface area (Å²) in [6.45, 7) is 2.90. The van der Waals surface area contributed by atoms with Gasteiger partial charge >= 0.3 is 0 Å². The average molecular weight is 260 g/mol. The Bertz CT molecular complexity index is 639. The van der Waals surface area contributed by atoms with Crippen LogP contribution in [0.1, 0.15) is 10.6 Å². The van der Waals surface area contributed by atoms with Crippen molar-refractivity contribution in [1.29, 1.82) is 0 Å². The molecule has 0 saturated heterocycles. The minimum Gasteiger partial charge on any atom is -0.380 e. The summed E-state index contributed by atoms with van der Waals surface area (Å²) in [6, 6.07) is 8.66. The average Bonchev–Trinajstić information content (AvgIpc) is 2.94. The van der Waals surface area contributed by atoms with E-state index in [1.165, 1.54) is 20.7 Å².